The van der Waals surface area contributed by atoms with E-state index in [1.165, 1.54) is 5.01 Å². The fraction of sp³-hybridized carbons (Fsp3) is 0.294. The molecule has 5 nitrogen and oxygen atoms in total. The Morgan fingerprint density at radius 3 is 2.36 bits per heavy atom. The van der Waals surface area contributed by atoms with Crippen molar-refractivity contribution in [3.05, 3.63) is 54.2 Å². The standard InChI is InChI=1S/C17H21N3O2/c1-17(2,3)20(16(21)22)19-12-13-7-9-14(10-8-13)15-6-4-5-11-18-15/h4-11,19H,12H2,1-3H3,(H,21,22). The molecule has 0 unspecified atom stereocenters. The molecule has 5 heteroatoms. The predicted octanol–water partition coefficient (Wildman–Crippen LogP) is 3.53. The Kier molecular flexibility index (Phi) is 4.78. The number of carboxylic acid groups (broad SMARTS) is 1. The van der Waals surface area contributed by atoms with Crippen LogP contribution in [0.15, 0.2) is 48.7 Å². The Morgan fingerprint density at radius 2 is 1.86 bits per heavy atom. The molecule has 1 heterocycles. The van der Waals surface area contributed by atoms with Gasteiger partial charge in [-0.1, -0.05) is 30.3 Å². The van der Waals surface area contributed by atoms with Gasteiger partial charge in [-0.05, 0) is 38.5 Å². The molecule has 2 N–H and O–H groups in total. The average Bonchev–Trinajstić information content (AvgIpc) is 2.47. The Bertz CT molecular complexity index is 619. The van der Waals surface area contributed by atoms with Crippen molar-refractivity contribution in [1.29, 1.82) is 0 Å². The highest BCUT2D eigenvalue weighted by atomic mass is 16.4. The van der Waals surface area contributed by atoms with E-state index in [9.17, 15) is 9.90 Å². The first-order valence-corrected chi connectivity index (χ1v) is 7.15. The summed E-state index contributed by atoms with van der Waals surface area (Å²) >= 11 is 0. The van der Waals surface area contributed by atoms with E-state index in [-0.39, 0.29) is 0 Å². The maximum atomic E-state index is 11.3. The minimum atomic E-state index is -0.988. The minimum Gasteiger partial charge on any atom is -0.464 e. The lowest BCUT2D eigenvalue weighted by Crippen LogP contribution is -2.52. The molecule has 0 aliphatic rings. The maximum absolute atomic E-state index is 11.3. The average molecular weight is 299 g/mol. The second kappa shape index (κ2) is 6.58. The predicted molar refractivity (Wildman–Crippen MR) is 86.1 cm³/mol. The highest BCUT2D eigenvalue weighted by molar-refractivity contribution is 5.65. The molecular formula is C17H21N3O2. The van der Waals surface area contributed by atoms with Crippen LogP contribution in [0.5, 0.6) is 0 Å². The van der Waals surface area contributed by atoms with Crippen LogP contribution in [0.4, 0.5) is 4.79 Å². The second-order valence-electron chi connectivity index (χ2n) is 6.04. The van der Waals surface area contributed by atoms with Crippen LogP contribution in [-0.4, -0.2) is 26.7 Å². The van der Waals surface area contributed by atoms with E-state index >= 15 is 0 Å². The number of nitrogens with one attached hydrogen (secondary N) is 1. The van der Waals surface area contributed by atoms with Crippen LogP contribution in [0.3, 0.4) is 0 Å². The molecule has 0 saturated heterocycles. The van der Waals surface area contributed by atoms with Crippen LogP contribution >= 0.6 is 0 Å². The van der Waals surface area contributed by atoms with Gasteiger partial charge in [-0.3, -0.25) is 4.98 Å². The van der Waals surface area contributed by atoms with E-state index in [0.29, 0.717) is 6.54 Å². The van der Waals surface area contributed by atoms with Gasteiger partial charge in [-0.25, -0.2) is 15.2 Å². The van der Waals surface area contributed by atoms with Gasteiger partial charge >= 0.3 is 6.09 Å². The lowest BCUT2D eigenvalue weighted by Gasteiger charge is -2.33. The number of nitrogens with zero attached hydrogens (tertiary/aromatic N) is 2. The summed E-state index contributed by atoms with van der Waals surface area (Å²) in [6.45, 7) is 5.99. The molecule has 2 rings (SSSR count). The van der Waals surface area contributed by atoms with Crippen LogP contribution in [-0.2, 0) is 6.54 Å². The van der Waals surface area contributed by atoms with Crippen molar-refractivity contribution in [1.82, 2.24) is 15.4 Å². The van der Waals surface area contributed by atoms with Gasteiger partial charge < -0.3 is 5.11 Å². The van der Waals surface area contributed by atoms with E-state index in [2.05, 4.69) is 10.4 Å². The van der Waals surface area contributed by atoms with Gasteiger partial charge in [-0.15, -0.1) is 0 Å². The first kappa shape index (κ1) is 16.0. The van der Waals surface area contributed by atoms with Gasteiger partial charge in [0.25, 0.3) is 0 Å². The summed E-state index contributed by atoms with van der Waals surface area (Å²) < 4.78 is 0. The number of amides is 1. The van der Waals surface area contributed by atoms with Gasteiger partial charge in [0.1, 0.15) is 0 Å². The number of hydrazine groups is 1. The summed E-state index contributed by atoms with van der Waals surface area (Å²) in [5, 5.41) is 10.5. The summed E-state index contributed by atoms with van der Waals surface area (Å²) in [6, 6.07) is 13.7. The fourth-order valence-electron chi connectivity index (χ4n) is 2.09. The molecule has 0 atom stereocenters. The molecule has 1 aromatic carbocycles. The highest BCUT2D eigenvalue weighted by Crippen LogP contribution is 2.17. The summed E-state index contributed by atoms with van der Waals surface area (Å²) in [4.78, 5) is 15.6. The van der Waals surface area contributed by atoms with Crippen LogP contribution < -0.4 is 5.43 Å². The van der Waals surface area contributed by atoms with Gasteiger partial charge in [0.2, 0.25) is 0 Å². The normalized spacial score (nSPS) is 11.2. The quantitative estimate of drug-likeness (QED) is 0.848. The molecular weight excluding hydrogens is 278 g/mol. The minimum absolute atomic E-state index is 0.450. The molecule has 1 aromatic heterocycles. The van der Waals surface area contributed by atoms with Crippen LogP contribution in [0.2, 0.25) is 0 Å². The summed E-state index contributed by atoms with van der Waals surface area (Å²) in [5.74, 6) is 0. The number of rotatable bonds is 4. The van der Waals surface area contributed by atoms with E-state index in [1.54, 1.807) is 6.20 Å². The zero-order valence-electron chi connectivity index (χ0n) is 13.1. The summed E-state index contributed by atoms with van der Waals surface area (Å²) in [5.41, 5.74) is 5.42. The first-order valence-electron chi connectivity index (χ1n) is 7.15. The Morgan fingerprint density at radius 1 is 1.18 bits per heavy atom. The molecule has 0 saturated carbocycles. The fourth-order valence-corrected chi connectivity index (χ4v) is 2.09. The van der Waals surface area contributed by atoms with Gasteiger partial charge in [0.05, 0.1) is 11.2 Å². The molecule has 0 aliphatic heterocycles. The number of aromatic nitrogens is 1. The molecule has 0 bridgehead atoms. The van der Waals surface area contributed by atoms with Gasteiger partial charge in [0.15, 0.2) is 0 Å². The van der Waals surface area contributed by atoms with Crippen LogP contribution in [0, 0.1) is 0 Å². The smallest absolute Gasteiger partial charge is 0.422 e. The first-order chi connectivity index (χ1) is 10.4. The van der Waals surface area contributed by atoms with Crippen molar-refractivity contribution in [3.63, 3.8) is 0 Å². The van der Waals surface area contributed by atoms with Crippen LogP contribution in [0.1, 0.15) is 26.3 Å². The van der Waals surface area contributed by atoms with Gasteiger partial charge in [-0.2, -0.15) is 0 Å². The third-order valence-electron chi connectivity index (χ3n) is 3.22. The molecule has 0 radical (unpaired) electrons. The number of hydrogen-bond donors (Lipinski definition) is 2. The third kappa shape index (κ3) is 4.05. The van der Waals surface area contributed by atoms with Crippen molar-refractivity contribution in [2.24, 2.45) is 0 Å². The molecule has 0 spiro atoms. The van der Waals surface area contributed by atoms with Crippen molar-refractivity contribution < 1.29 is 9.90 Å². The van der Waals surface area contributed by atoms with E-state index in [0.717, 1.165) is 16.8 Å². The lowest BCUT2D eigenvalue weighted by molar-refractivity contribution is 0.0624. The Hall–Kier alpha value is -2.40. The summed E-state index contributed by atoms with van der Waals surface area (Å²) in [7, 11) is 0. The Balaban J connectivity index is 2.04. The van der Waals surface area contributed by atoms with Crippen molar-refractivity contribution in [3.8, 4) is 11.3 Å². The third-order valence-corrected chi connectivity index (χ3v) is 3.22. The van der Waals surface area contributed by atoms with Crippen molar-refractivity contribution >= 4 is 6.09 Å². The monoisotopic (exact) mass is 299 g/mol. The lowest BCUT2D eigenvalue weighted by atomic mass is 10.1. The summed E-state index contributed by atoms with van der Waals surface area (Å²) in [6.07, 6.45) is 0.774. The van der Waals surface area contributed by atoms with E-state index in [1.807, 2.05) is 63.2 Å². The SMILES string of the molecule is CC(C)(C)N(NCc1ccc(-c2ccccn2)cc1)C(=O)O. The molecule has 0 fully saturated rings. The zero-order chi connectivity index (χ0) is 16.2. The van der Waals surface area contributed by atoms with Crippen molar-refractivity contribution in [2.75, 3.05) is 0 Å². The van der Waals surface area contributed by atoms with Crippen LogP contribution in [0.25, 0.3) is 11.3 Å². The molecule has 0 aliphatic carbocycles. The number of pyridine rings is 1. The molecule has 1 amide bonds. The Labute approximate surface area is 130 Å². The van der Waals surface area contributed by atoms with Crippen molar-refractivity contribution in [2.45, 2.75) is 32.9 Å². The number of hydrogen-bond acceptors (Lipinski definition) is 3. The molecule has 116 valence electrons. The molecule has 22 heavy (non-hydrogen) atoms. The largest absolute Gasteiger partial charge is 0.464 e. The highest BCUT2D eigenvalue weighted by Gasteiger charge is 2.25. The number of benzene rings is 1. The topological polar surface area (TPSA) is 65.5 Å². The van der Waals surface area contributed by atoms with E-state index < -0.39 is 11.6 Å². The number of carbonyl (C=O) groups is 1. The molecule has 2 aromatic rings. The second-order valence-corrected chi connectivity index (χ2v) is 6.04. The maximum Gasteiger partial charge on any atom is 0.422 e. The zero-order valence-corrected chi connectivity index (χ0v) is 13.1. The van der Waals surface area contributed by atoms with Gasteiger partial charge in [0, 0.05) is 18.3 Å². The van der Waals surface area contributed by atoms with E-state index in [4.69, 9.17) is 0 Å².